The van der Waals surface area contributed by atoms with Gasteiger partial charge in [0.1, 0.15) is 52.0 Å². The number of aromatic nitrogens is 4. The number of carboxylic acids is 1. The molecule has 23 nitrogen and oxygen atoms in total. The molecule has 15 aromatic rings. The molecule has 11 aromatic carbocycles. The summed E-state index contributed by atoms with van der Waals surface area (Å²) in [5.74, 6) is 4.15. The molecule has 23 heteroatoms. The summed E-state index contributed by atoms with van der Waals surface area (Å²) >= 11 is 0. The number of carbonyl (C=O) groups is 9. The number of carboxylic acid groups (broad SMARTS) is 1. The first-order chi connectivity index (χ1) is 70.3. The molecule has 3 aliphatic carbocycles. The first-order valence-corrected chi connectivity index (χ1v) is 49.9. The van der Waals surface area contributed by atoms with E-state index in [1.165, 1.54) is 60.9 Å². The summed E-state index contributed by atoms with van der Waals surface area (Å²) in [6.45, 7) is 20.9. The molecule has 5 aliphatic rings. The van der Waals surface area contributed by atoms with Crippen molar-refractivity contribution in [3.63, 3.8) is 0 Å². The SMILES string of the molecule is CC(=O)CC1(O)CCCc2c(C)cccc21.CC(=O)CC1=CCCc2c(C)cccc21.CC(=O)Cc1cccc2c(C)cccc12.CC(=O)Cc1cccc2c(O)cccc12.CCN1c2ncc(CCOc3ccc(CC(=O)NC)c4ccccc34)cc2C(=O)N(C)c2cccnc21.CCN1c2ncc(CCOc3ccc(CC(=O)O)c4ccccc34)cc2C(=O)N(C)c2cccnc21.Cc1cccc2c1CCCC2=O. The third-order valence-electron chi connectivity index (χ3n) is 27.1. The van der Waals surface area contributed by atoms with Crippen molar-refractivity contribution in [1.82, 2.24) is 25.3 Å². The number of ketones is 5. The maximum atomic E-state index is 13.4. The summed E-state index contributed by atoms with van der Waals surface area (Å²) in [6.07, 6.45) is 20.1. The Kier molecular flexibility index (Phi) is 35.4. The molecule has 4 aromatic heterocycles. The number of hydrogen-bond donors (Lipinski definition) is 4. The molecule has 2 aliphatic heterocycles. The zero-order valence-electron chi connectivity index (χ0n) is 85.5. The Bertz CT molecular complexity index is 7380. The van der Waals surface area contributed by atoms with Crippen LogP contribution in [0.1, 0.15) is 201 Å². The lowest BCUT2D eigenvalue weighted by atomic mass is 9.75. The van der Waals surface area contributed by atoms with E-state index in [1.807, 2.05) is 194 Å². The van der Waals surface area contributed by atoms with Crippen LogP contribution < -0.4 is 34.4 Å². The summed E-state index contributed by atoms with van der Waals surface area (Å²) in [4.78, 5) is 131. The van der Waals surface area contributed by atoms with E-state index < -0.39 is 11.6 Å². The number of Topliss-reactive ketones (excluding diaryl/α,β-unsaturated/α-hetero) is 5. The number of rotatable bonds is 22. The summed E-state index contributed by atoms with van der Waals surface area (Å²) in [5.41, 5.74) is 20.7. The topological polar surface area (TPSA) is 309 Å². The lowest BCUT2D eigenvalue weighted by molar-refractivity contribution is -0.136. The van der Waals surface area contributed by atoms with E-state index in [1.54, 1.807) is 102 Å². The van der Waals surface area contributed by atoms with Crippen LogP contribution in [0.15, 0.2) is 267 Å². The van der Waals surface area contributed by atoms with Crippen LogP contribution in [0, 0.1) is 27.7 Å². The zero-order chi connectivity index (χ0) is 104. The third kappa shape index (κ3) is 25.2. The molecule has 4 N–H and O–H groups in total. The molecule has 0 saturated carbocycles. The number of pyridine rings is 4. The van der Waals surface area contributed by atoms with E-state index in [9.17, 15) is 58.5 Å². The van der Waals surface area contributed by atoms with Crippen LogP contribution in [0.4, 0.5) is 34.6 Å². The molecule has 0 radical (unpaired) electrons. The predicted octanol–water partition coefficient (Wildman–Crippen LogP) is 23.2. The average molecular weight is 1960 g/mol. The van der Waals surface area contributed by atoms with Crippen LogP contribution >= 0.6 is 0 Å². The molecule has 0 bridgehead atoms. The van der Waals surface area contributed by atoms with Gasteiger partial charge in [-0.05, 0) is 285 Å². The Hall–Kier alpha value is -16.0. The number of ether oxygens (including phenoxy) is 2. The monoisotopic (exact) mass is 1950 g/mol. The molecule has 6 heterocycles. The standard InChI is InChI=1S/C29H29N5O3.C28H26N4O4.C14H18O2.C14H16O.C14H14O.C13H12O2.C11H12O/c1-4-34-27-23(29(36)33(3)24-10-7-14-31-28(24)34)16-19(18-32-27)13-15-37-25-12-11-20(17-26(35)30-2)21-8-5-6-9-22(21)25;1-3-32-26-22(28(35)31(2)23-9-6-13-29-27(23)32)15-18(17-30-26)12-14-36-24-11-10-19(16-25(33)34)20-7-4-5-8-21(20)24;1-10-5-3-7-13-12(10)6-4-8-14(13,16)9-11(2)15;2*1-10-5-3-8-14-12(9-11(2)15)6-4-7-13(10)14;1-9(14)8-10-4-2-6-12-11(10)5-3-7-13(12)15;1-8-4-2-6-10-9(8)5-3-7-11(10)12/h5-12,14,16,18H,4,13,15,17H2,1-3H3,(H,30,35);4-11,13,15,17H,3,12,14,16H2,1-2H3,(H,33,34);3,5,7,16H,4,6,8-9H2,1-2H3;3,5-6,8H,4,7,9H2,1-2H3;3-8H,9H2,1-2H3;2-7,15H,8H2,1H3;2,4,6H,3,5,7H2,1H3. The van der Waals surface area contributed by atoms with Gasteiger partial charge >= 0.3 is 5.97 Å². The van der Waals surface area contributed by atoms with E-state index in [0.717, 1.165) is 145 Å². The van der Waals surface area contributed by atoms with Gasteiger partial charge < -0.3 is 49.7 Å². The Morgan fingerprint density at radius 2 is 0.856 bits per heavy atom. The van der Waals surface area contributed by atoms with Crippen molar-refractivity contribution in [1.29, 1.82) is 0 Å². The van der Waals surface area contributed by atoms with Gasteiger partial charge in [0.05, 0.1) is 54.2 Å². The second-order valence-corrected chi connectivity index (χ2v) is 37.6. The Labute approximate surface area is 853 Å². The number of likely N-dealkylation sites (N-methyl/N-ethyl adjacent to an activating group) is 1. The molecule has 0 fully saturated rings. The third-order valence-corrected chi connectivity index (χ3v) is 27.1. The molecule has 748 valence electrons. The van der Waals surface area contributed by atoms with Crippen LogP contribution in [-0.2, 0) is 92.2 Å². The molecule has 0 spiro atoms. The number of phenolic OH excluding ortho intramolecular Hbond substituents is 1. The van der Waals surface area contributed by atoms with E-state index in [-0.39, 0.29) is 59.4 Å². The number of aliphatic carboxylic acids is 1. The van der Waals surface area contributed by atoms with Crippen LogP contribution in [0.2, 0.25) is 0 Å². The molecule has 3 amide bonds. The number of nitrogens with zero attached hydrogens (tertiary/aromatic N) is 8. The smallest absolute Gasteiger partial charge is 0.307 e. The van der Waals surface area contributed by atoms with Crippen LogP contribution in [-0.4, -0.2) is 135 Å². The predicted molar refractivity (Wildman–Crippen MR) is 581 cm³/mol. The van der Waals surface area contributed by atoms with Gasteiger partial charge in [0.15, 0.2) is 17.4 Å². The fourth-order valence-corrected chi connectivity index (χ4v) is 19.9. The summed E-state index contributed by atoms with van der Waals surface area (Å²) < 4.78 is 12.3. The fraction of sp³-hybridized carbons (Fsp3) is 0.276. The number of nitrogens with one attached hydrogen (secondary N) is 1. The number of benzene rings is 11. The van der Waals surface area contributed by atoms with Crippen molar-refractivity contribution in [2.45, 2.75) is 178 Å². The van der Waals surface area contributed by atoms with Crippen molar-refractivity contribution in [3.05, 3.63) is 368 Å². The first-order valence-electron chi connectivity index (χ1n) is 49.9. The van der Waals surface area contributed by atoms with Gasteiger partial charge in [0.2, 0.25) is 5.91 Å². The highest BCUT2D eigenvalue weighted by Crippen LogP contribution is 2.44. The van der Waals surface area contributed by atoms with E-state index in [4.69, 9.17) is 9.47 Å². The number of aromatic hydroxyl groups is 1. The quantitative estimate of drug-likeness (QED) is 0.0490. The summed E-state index contributed by atoms with van der Waals surface area (Å²) in [6, 6.07) is 76.0. The van der Waals surface area contributed by atoms with Crippen LogP contribution in [0.25, 0.3) is 48.7 Å². The number of fused-ring (bicyclic) bond motifs is 11. The minimum atomic E-state index is -0.925. The van der Waals surface area contributed by atoms with Crippen molar-refractivity contribution in [3.8, 4) is 17.2 Å². The Morgan fingerprint density at radius 3 is 1.37 bits per heavy atom. The molecule has 20 rings (SSSR count). The van der Waals surface area contributed by atoms with Gasteiger partial charge in [-0.1, -0.05) is 188 Å². The minimum Gasteiger partial charge on any atom is -0.507 e. The number of aliphatic hydroxyl groups is 1. The minimum absolute atomic E-state index is 0.0322. The highest BCUT2D eigenvalue weighted by molar-refractivity contribution is 6.14. The van der Waals surface area contributed by atoms with Gasteiger partial charge in [0.25, 0.3) is 11.8 Å². The number of phenols is 1. The maximum Gasteiger partial charge on any atom is 0.307 e. The lowest BCUT2D eigenvalue weighted by Crippen LogP contribution is -2.33. The summed E-state index contributed by atoms with van der Waals surface area (Å²) in [7, 11) is 5.15. The van der Waals surface area contributed by atoms with Gasteiger partial charge in [-0.2, -0.15) is 0 Å². The lowest BCUT2D eigenvalue weighted by Gasteiger charge is -2.34. The normalized spacial score (nSPS) is 13.9. The van der Waals surface area contributed by atoms with Crippen LogP contribution in [0.5, 0.6) is 17.2 Å². The molecule has 1 atom stereocenters. The highest BCUT2D eigenvalue weighted by Gasteiger charge is 2.37. The number of anilines is 6. The first kappa shape index (κ1) is 106. The molecular formula is C123H127N9O14. The van der Waals surface area contributed by atoms with Gasteiger partial charge in [-0.3, -0.25) is 43.2 Å². The number of hydrogen-bond acceptors (Lipinski definition) is 19. The fourth-order valence-electron chi connectivity index (χ4n) is 19.9. The van der Waals surface area contributed by atoms with Gasteiger partial charge in [0, 0.05) is 126 Å². The Morgan fingerprint density at radius 1 is 0.418 bits per heavy atom. The van der Waals surface area contributed by atoms with Gasteiger partial charge in [-0.15, -0.1) is 0 Å². The average Bonchev–Trinajstić information content (AvgIpc) is 1.71. The van der Waals surface area contributed by atoms with Crippen molar-refractivity contribution in [2.75, 3.05) is 67.0 Å². The summed E-state index contributed by atoms with van der Waals surface area (Å²) in [5, 5.41) is 40.0. The highest BCUT2D eigenvalue weighted by atomic mass is 16.5. The number of amides is 3. The molecular weight excluding hydrogens is 1830 g/mol. The van der Waals surface area contributed by atoms with Crippen molar-refractivity contribution < 1.29 is 67.9 Å². The molecule has 0 saturated heterocycles. The molecule has 146 heavy (non-hydrogen) atoms. The van der Waals surface area contributed by atoms with Gasteiger partial charge in [-0.25, -0.2) is 19.9 Å². The van der Waals surface area contributed by atoms with Crippen molar-refractivity contribution in [2.24, 2.45) is 0 Å². The van der Waals surface area contributed by atoms with E-state index >= 15 is 0 Å². The molecule has 1 unspecified atom stereocenters. The Balaban J connectivity index is 0.000000141. The van der Waals surface area contributed by atoms with E-state index in [0.29, 0.717) is 111 Å². The largest absolute Gasteiger partial charge is 0.507 e. The second-order valence-electron chi connectivity index (χ2n) is 37.6. The van der Waals surface area contributed by atoms with Crippen molar-refractivity contribution >= 4 is 136 Å². The number of allylic oxidation sites excluding steroid dienone is 2. The number of aryl methyl sites for hydroxylation is 4. The maximum absolute atomic E-state index is 13.4. The number of carbonyl (C=O) groups excluding carboxylic acids is 8. The van der Waals surface area contributed by atoms with Crippen LogP contribution in [0.3, 0.4) is 0 Å². The van der Waals surface area contributed by atoms with E-state index in [2.05, 4.69) is 108 Å². The zero-order valence-corrected chi connectivity index (χ0v) is 85.5. The second kappa shape index (κ2) is 48.8.